The SMILES string of the molecule is C=N/C=c1/ccc(=C)n(C2CCCCCC2)/c1=N/CNC1CCN(SC)CC1. The van der Waals surface area contributed by atoms with Crippen LogP contribution in [0.3, 0.4) is 0 Å². The molecule has 1 aliphatic carbocycles. The number of aliphatic imine (C=N–C) groups is 1. The Morgan fingerprint density at radius 2 is 1.86 bits per heavy atom. The first-order chi connectivity index (χ1) is 13.7. The molecule has 2 fully saturated rings. The van der Waals surface area contributed by atoms with E-state index in [0.29, 0.717) is 18.8 Å². The van der Waals surface area contributed by atoms with Crippen molar-refractivity contribution in [1.29, 1.82) is 0 Å². The summed E-state index contributed by atoms with van der Waals surface area (Å²) in [6, 6.07) is 5.19. The maximum absolute atomic E-state index is 5.00. The van der Waals surface area contributed by atoms with Gasteiger partial charge in [0.1, 0.15) is 5.49 Å². The Labute approximate surface area is 173 Å². The lowest BCUT2D eigenvalue weighted by Gasteiger charge is -2.30. The van der Waals surface area contributed by atoms with Crippen molar-refractivity contribution in [2.75, 3.05) is 26.0 Å². The summed E-state index contributed by atoms with van der Waals surface area (Å²) >= 11 is 1.85. The number of nitrogens with one attached hydrogen (secondary N) is 1. The summed E-state index contributed by atoms with van der Waals surface area (Å²) in [5, 5.41) is 5.72. The number of piperidine rings is 1. The number of hydrogen-bond acceptors (Lipinski definition) is 5. The smallest absolute Gasteiger partial charge is 0.138 e. The predicted octanol–water partition coefficient (Wildman–Crippen LogP) is 2.42. The van der Waals surface area contributed by atoms with Crippen LogP contribution in [0.25, 0.3) is 12.8 Å². The molecule has 2 aliphatic rings. The second kappa shape index (κ2) is 11.0. The quantitative estimate of drug-likeness (QED) is 0.452. The first-order valence-corrected chi connectivity index (χ1v) is 11.8. The van der Waals surface area contributed by atoms with Gasteiger partial charge in [0.05, 0.1) is 6.67 Å². The fraction of sp³-hybridized carbons (Fsp3) is 0.636. The van der Waals surface area contributed by atoms with Gasteiger partial charge in [0.2, 0.25) is 0 Å². The lowest BCUT2D eigenvalue weighted by atomic mass is 10.1. The van der Waals surface area contributed by atoms with Crippen molar-refractivity contribution < 1.29 is 0 Å². The van der Waals surface area contributed by atoms with Gasteiger partial charge in [0, 0.05) is 41.9 Å². The van der Waals surface area contributed by atoms with Gasteiger partial charge in [-0.05, 0) is 50.8 Å². The number of aromatic nitrogens is 1. The third-order valence-electron chi connectivity index (χ3n) is 5.99. The van der Waals surface area contributed by atoms with Gasteiger partial charge >= 0.3 is 0 Å². The molecule has 0 spiro atoms. The minimum atomic E-state index is 0.483. The molecule has 5 nitrogen and oxygen atoms in total. The average molecular weight is 402 g/mol. The molecular weight excluding hydrogens is 366 g/mol. The molecule has 0 aromatic carbocycles. The summed E-state index contributed by atoms with van der Waals surface area (Å²) < 4.78 is 4.80. The fourth-order valence-corrected chi connectivity index (χ4v) is 4.97. The molecule has 1 N–H and O–H groups in total. The molecule has 0 amide bonds. The van der Waals surface area contributed by atoms with Crippen molar-refractivity contribution in [2.45, 2.75) is 63.5 Å². The number of hydrogen-bond donors (Lipinski definition) is 1. The molecule has 1 aromatic heterocycles. The van der Waals surface area contributed by atoms with Crippen LogP contribution in [0.4, 0.5) is 0 Å². The van der Waals surface area contributed by atoms with Crippen LogP contribution in [0.1, 0.15) is 57.4 Å². The Morgan fingerprint density at radius 1 is 1.14 bits per heavy atom. The number of pyridine rings is 1. The molecule has 1 aromatic rings. The third-order valence-corrected chi connectivity index (χ3v) is 6.87. The highest BCUT2D eigenvalue weighted by molar-refractivity contribution is 7.96. The van der Waals surface area contributed by atoms with E-state index in [0.717, 1.165) is 29.1 Å². The van der Waals surface area contributed by atoms with Gasteiger partial charge in [-0.3, -0.25) is 19.6 Å². The van der Waals surface area contributed by atoms with E-state index < -0.39 is 0 Å². The van der Waals surface area contributed by atoms with Crippen LogP contribution < -0.4 is 21.4 Å². The lowest BCUT2D eigenvalue weighted by Crippen LogP contribution is -2.46. The summed E-state index contributed by atoms with van der Waals surface area (Å²) in [6.07, 6.45) is 14.0. The largest absolute Gasteiger partial charge is 0.324 e. The Balaban J connectivity index is 1.84. The maximum Gasteiger partial charge on any atom is 0.138 e. The second-order valence-corrected chi connectivity index (χ2v) is 8.72. The van der Waals surface area contributed by atoms with Gasteiger partial charge in [-0.25, -0.2) is 0 Å². The number of rotatable bonds is 6. The topological polar surface area (TPSA) is 44.9 Å². The van der Waals surface area contributed by atoms with Gasteiger partial charge in [-0.1, -0.05) is 44.2 Å². The van der Waals surface area contributed by atoms with E-state index in [1.165, 1.54) is 51.4 Å². The lowest BCUT2D eigenvalue weighted by molar-refractivity contribution is 0.310. The molecule has 0 radical (unpaired) electrons. The summed E-state index contributed by atoms with van der Waals surface area (Å²) in [6.45, 7) is 10.9. The zero-order valence-corrected chi connectivity index (χ0v) is 18.1. The van der Waals surface area contributed by atoms with Gasteiger partial charge in [-0.2, -0.15) is 0 Å². The van der Waals surface area contributed by atoms with Gasteiger partial charge < -0.3 is 4.57 Å². The van der Waals surface area contributed by atoms with Crippen molar-refractivity contribution >= 4 is 31.4 Å². The Morgan fingerprint density at radius 3 is 2.50 bits per heavy atom. The highest BCUT2D eigenvalue weighted by atomic mass is 32.2. The van der Waals surface area contributed by atoms with Crippen LogP contribution in [-0.4, -0.2) is 47.6 Å². The van der Waals surface area contributed by atoms with Crippen LogP contribution in [0.15, 0.2) is 22.1 Å². The number of nitrogens with zero attached hydrogens (tertiary/aromatic N) is 4. The molecule has 0 unspecified atom stereocenters. The van der Waals surface area contributed by atoms with E-state index in [1.54, 1.807) is 0 Å². The highest BCUT2D eigenvalue weighted by Crippen LogP contribution is 2.24. The first kappa shape index (κ1) is 21.3. The minimum Gasteiger partial charge on any atom is -0.324 e. The maximum atomic E-state index is 5.00. The van der Waals surface area contributed by atoms with Crippen molar-refractivity contribution in [3.8, 4) is 0 Å². The van der Waals surface area contributed by atoms with E-state index >= 15 is 0 Å². The zero-order chi connectivity index (χ0) is 19.8. The van der Waals surface area contributed by atoms with Crippen LogP contribution in [0.5, 0.6) is 0 Å². The van der Waals surface area contributed by atoms with Gasteiger partial charge in [0.15, 0.2) is 0 Å². The predicted molar refractivity (Wildman–Crippen MR) is 122 cm³/mol. The van der Waals surface area contributed by atoms with E-state index in [2.05, 4.69) is 50.9 Å². The monoisotopic (exact) mass is 401 g/mol. The van der Waals surface area contributed by atoms with E-state index in [4.69, 9.17) is 4.99 Å². The highest BCUT2D eigenvalue weighted by Gasteiger charge is 2.18. The molecule has 0 bridgehead atoms. The Hall–Kier alpha value is -1.37. The third kappa shape index (κ3) is 5.58. The first-order valence-electron chi connectivity index (χ1n) is 10.6. The molecule has 0 atom stereocenters. The standard InChI is InChI=1S/C22H35N5S/c1-18-10-11-19(16-23-2)22(27(18)21-8-6-4-5-7-9-21)25-17-24-20-12-14-26(28-3)15-13-20/h10-11,16,20-21,24H,1-2,4-9,12-15,17H2,3H3/b19-16-,25-22+. The summed E-state index contributed by atoms with van der Waals surface area (Å²) in [5.74, 6) is 0. The molecule has 2 heterocycles. The molecular formula is C22H35N5S. The van der Waals surface area contributed by atoms with Crippen molar-refractivity contribution in [1.82, 2.24) is 14.2 Å². The molecule has 3 rings (SSSR count). The van der Waals surface area contributed by atoms with E-state index in [-0.39, 0.29) is 0 Å². The van der Waals surface area contributed by atoms with E-state index in [1.807, 2.05) is 18.1 Å². The summed E-state index contributed by atoms with van der Waals surface area (Å²) in [4.78, 5) is 9.02. The summed E-state index contributed by atoms with van der Waals surface area (Å²) in [5.41, 5.74) is 1.00. The minimum absolute atomic E-state index is 0.483. The van der Waals surface area contributed by atoms with Crippen molar-refractivity contribution in [3.63, 3.8) is 0 Å². The molecule has 154 valence electrons. The summed E-state index contributed by atoms with van der Waals surface area (Å²) in [7, 11) is 0. The molecule has 6 heteroatoms. The van der Waals surface area contributed by atoms with Crippen LogP contribution in [0.2, 0.25) is 0 Å². The van der Waals surface area contributed by atoms with Crippen molar-refractivity contribution in [2.24, 2.45) is 9.98 Å². The van der Waals surface area contributed by atoms with Crippen molar-refractivity contribution in [3.05, 3.63) is 28.2 Å². The van der Waals surface area contributed by atoms with Crippen LogP contribution in [0, 0.1) is 0 Å². The Bertz CT molecular complexity index is 799. The molecule has 1 saturated heterocycles. The van der Waals surface area contributed by atoms with Crippen LogP contribution in [-0.2, 0) is 0 Å². The van der Waals surface area contributed by atoms with Gasteiger partial charge in [0.25, 0.3) is 0 Å². The average Bonchev–Trinajstić information content (AvgIpc) is 3.00. The molecule has 1 saturated carbocycles. The van der Waals surface area contributed by atoms with E-state index in [9.17, 15) is 0 Å². The normalized spacial score (nSPS) is 21.8. The fourth-order valence-electron chi connectivity index (χ4n) is 4.40. The Kier molecular flexibility index (Phi) is 8.37. The molecule has 1 aliphatic heterocycles. The molecule has 28 heavy (non-hydrogen) atoms. The second-order valence-electron chi connectivity index (χ2n) is 7.84. The van der Waals surface area contributed by atoms with Gasteiger partial charge in [-0.15, -0.1) is 0 Å². The zero-order valence-electron chi connectivity index (χ0n) is 17.3. The van der Waals surface area contributed by atoms with Crippen LogP contribution >= 0.6 is 11.9 Å².